The van der Waals surface area contributed by atoms with Crippen LogP contribution in [0.5, 0.6) is 0 Å². The molecule has 1 amide bonds. The van der Waals surface area contributed by atoms with Crippen LogP contribution in [0.4, 0.5) is 0 Å². The van der Waals surface area contributed by atoms with Gasteiger partial charge in [-0.2, -0.15) is 0 Å². The van der Waals surface area contributed by atoms with Crippen LogP contribution in [-0.2, 0) is 4.79 Å². The van der Waals surface area contributed by atoms with Crippen LogP contribution in [0.3, 0.4) is 0 Å². The zero-order chi connectivity index (χ0) is 11.3. The van der Waals surface area contributed by atoms with E-state index in [9.17, 15) is 9.90 Å². The molecule has 1 fully saturated rings. The Morgan fingerprint density at radius 2 is 2.33 bits per heavy atom. The summed E-state index contributed by atoms with van der Waals surface area (Å²) in [4.78, 5) is 13.0. The number of nitrogens with zero attached hydrogens (tertiary/aromatic N) is 1. The van der Waals surface area contributed by atoms with Gasteiger partial charge in [0.25, 0.3) is 0 Å². The molecule has 0 aromatic carbocycles. The highest BCUT2D eigenvalue weighted by Crippen LogP contribution is 2.20. The first-order valence-electron chi connectivity index (χ1n) is 5.80. The Morgan fingerprint density at radius 1 is 1.60 bits per heavy atom. The van der Waals surface area contributed by atoms with E-state index >= 15 is 0 Å². The normalized spacial score (nSPS) is 25.1. The number of aliphatic hydroxyl groups is 1. The summed E-state index contributed by atoms with van der Waals surface area (Å²) in [6.45, 7) is 3.60. The van der Waals surface area contributed by atoms with Crippen LogP contribution in [-0.4, -0.2) is 41.1 Å². The van der Waals surface area contributed by atoms with E-state index < -0.39 is 0 Å². The van der Waals surface area contributed by atoms with Crippen molar-refractivity contribution >= 4 is 5.91 Å². The van der Waals surface area contributed by atoms with E-state index in [1.807, 2.05) is 6.92 Å². The zero-order valence-electron chi connectivity index (χ0n) is 9.48. The van der Waals surface area contributed by atoms with E-state index in [1.165, 1.54) is 12.8 Å². The van der Waals surface area contributed by atoms with Gasteiger partial charge in [-0.25, -0.2) is 0 Å². The Hall–Kier alpha value is -0.610. The summed E-state index contributed by atoms with van der Waals surface area (Å²) in [5.74, 6) is -0.239. The highest BCUT2D eigenvalue weighted by atomic mass is 16.3. The monoisotopic (exact) mass is 214 g/mol. The number of hydrogen-bond donors (Lipinski definition) is 2. The number of aliphatic hydroxyl groups excluding tert-OH is 1. The number of carbonyl (C=O) groups excluding carboxylic acids is 1. The van der Waals surface area contributed by atoms with E-state index in [4.69, 9.17) is 5.73 Å². The molecule has 1 heterocycles. The summed E-state index contributed by atoms with van der Waals surface area (Å²) >= 11 is 0. The van der Waals surface area contributed by atoms with Gasteiger partial charge in [0, 0.05) is 19.0 Å². The lowest BCUT2D eigenvalue weighted by Gasteiger charge is -2.36. The molecule has 0 bridgehead atoms. The standard InChI is InChI=1S/C11H22N2O2/c1-9(14)8-10-4-2-3-6-13(10)7-5-11(12)15/h9-10,14H,2-8H2,1H3,(H2,12,15). The molecule has 1 aliphatic rings. The second kappa shape index (κ2) is 6.08. The van der Waals surface area contributed by atoms with Crippen molar-refractivity contribution in [3.05, 3.63) is 0 Å². The molecule has 4 nitrogen and oxygen atoms in total. The molecule has 0 saturated carbocycles. The van der Waals surface area contributed by atoms with Gasteiger partial charge in [-0.15, -0.1) is 0 Å². The molecule has 4 heteroatoms. The van der Waals surface area contributed by atoms with Gasteiger partial charge in [0.2, 0.25) is 5.91 Å². The number of piperidine rings is 1. The van der Waals surface area contributed by atoms with Gasteiger partial charge in [0.15, 0.2) is 0 Å². The SMILES string of the molecule is CC(O)CC1CCCCN1CCC(N)=O. The van der Waals surface area contributed by atoms with E-state index in [1.54, 1.807) is 0 Å². The Bertz CT molecular complexity index is 207. The number of hydrogen-bond acceptors (Lipinski definition) is 3. The maximum absolute atomic E-state index is 10.7. The number of likely N-dealkylation sites (tertiary alicyclic amines) is 1. The highest BCUT2D eigenvalue weighted by Gasteiger charge is 2.23. The lowest BCUT2D eigenvalue weighted by atomic mass is 9.97. The van der Waals surface area contributed by atoms with Crippen molar-refractivity contribution in [2.24, 2.45) is 5.73 Å². The first kappa shape index (κ1) is 12.5. The molecule has 2 atom stereocenters. The molecular formula is C11H22N2O2. The fourth-order valence-electron chi connectivity index (χ4n) is 2.27. The number of amides is 1. The number of nitrogens with two attached hydrogens (primary N) is 1. The number of rotatable bonds is 5. The van der Waals surface area contributed by atoms with Crippen LogP contribution < -0.4 is 5.73 Å². The first-order chi connectivity index (χ1) is 7.09. The Morgan fingerprint density at radius 3 is 2.93 bits per heavy atom. The lowest BCUT2D eigenvalue weighted by molar-refractivity contribution is -0.118. The predicted molar refractivity (Wildman–Crippen MR) is 59.3 cm³/mol. The summed E-state index contributed by atoms with van der Waals surface area (Å²) in [5.41, 5.74) is 5.14. The van der Waals surface area contributed by atoms with Crippen LogP contribution in [0.1, 0.15) is 39.0 Å². The summed E-state index contributed by atoms with van der Waals surface area (Å²) in [7, 11) is 0. The molecule has 2 unspecified atom stereocenters. The molecule has 1 saturated heterocycles. The molecule has 0 aromatic heterocycles. The van der Waals surface area contributed by atoms with Crippen molar-refractivity contribution in [3.8, 4) is 0 Å². The minimum atomic E-state index is -0.260. The quantitative estimate of drug-likeness (QED) is 0.700. The van der Waals surface area contributed by atoms with Crippen molar-refractivity contribution in [2.45, 2.75) is 51.2 Å². The molecule has 88 valence electrons. The minimum Gasteiger partial charge on any atom is -0.393 e. The van der Waals surface area contributed by atoms with Crippen LogP contribution >= 0.6 is 0 Å². The highest BCUT2D eigenvalue weighted by molar-refractivity contribution is 5.73. The van der Waals surface area contributed by atoms with Gasteiger partial charge in [-0.3, -0.25) is 9.69 Å². The van der Waals surface area contributed by atoms with Gasteiger partial charge < -0.3 is 10.8 Å². The Kier molecular flexibility index (Phi) is 5.05. The van der Waals surface area contributed by atoms with Crippen molar-refractivity contribution in [1.29, 1.82) is 0 Å². The molecule has 0 radical (unpaired) electrons. The molecule has 3 N–H and O–H groups in total. The fraction of sp³-hybridized carbons (Fsp3) is 0.909. The summed E-state index contributed by atoms with van der Waals surface area (Å²) in [5, 5.41) is 9.38. The molecule has 0 spiro atoms. The van der Waals surface area contributed by atoms with E-state index in [0.717, 1.165) is 25.9 Å². The Labute approximate surface area is 91.4 Å². The average Bonchev–Trinajstić information content (AvgIpc) is 2.15. The molecule has 1 rings (SSSR count). The molecule has 1 aliphatic heterocycles. The summed E-state index contributed by atoms with van der Waals surface area (Å²) in [6.07, 6.45) is 4.52. The van der Waals surface area contributed by atoms with Gasteiger partial charge in [0.1, 0.15) is 0 Å². The third kappa shape index (κ3) is 4.62. The van der Waals surface area contributed by atoms with Gasteiger partial charge in [-0.1, -0.05) is 6.42 Å². The van der Waals surface area contributed by atoms with E-state index in [-0.39, 0.29) is 12.0 Å². The summed E-state index contributed by atoms with van der Waals surface area (Å²) < 4.78 is 0. The van der Waals surface area contributed by atoms with Crippen LogP contribution in [0.2, 0.25) is 0 Å². The molecule has 15 heavy (non-hydrogen) atoms. The van der Waals surface area contributed by atoms with Crippen LogP contribution in [0.15, 0.2) is 0 Å². The first-order valence-corrected chi connectivity index (χ1v) is 5.80. The maximum Gasteiger partial charge on any atom is 0.218 e. The van der Waals surface area contributed by atoms with Crippen molar-refractivity contribution in [1.82, 2.24) is 4.90 Å². The third-order valence-corrected chi connectivity index (χ3v) is 3.01. The largest absolute Gasteiger partial charge is 0.393 e. The number of primary amides is 1. The second-order valence-electron chi connectivity index (χ2n) is 4.49. The van der Waals surface area contributed by atoms with Crippen molar-refractivity contribution in [2.75, 3.05) is 13.1 Å². The van der Waals surface area contributed by atoms with E-state index in [0.29, 0.717) is 12.5 Å². The Balaban J connectivity index is 2.38. The van der Waals surface area contributed by atoms with Gasteiger partial charge >= 0.3 is 0 Å². The van der Waals surface area contributed by atoms with Crippen LogP contribution in [0.25, 0.3) is 0 Å². The second-order valence-corrected chi connectivity index (χ2v) is 4.49. The van der Waals surface area contributed by atoms with Crippen molar-refractivity contribution in [3.63, 3.8) is 0 Å². The molecular weight excluding hydrogens is 192 g/mol. The third-order valence-electron chi connectivity index (χ3n) is 3.01. The van der Waals surface area contributed by atoms with Gasteiger partial charge in [0.05, 0.1) is 6.10 Å². The molecule has 0 aromatic rings. The molecule has 0 aliphatic carbocycles. The van der Waals surface area contributed by atoms with Crippen LogP contribution in [0, 0.1) is 0 Å². The minimum absolute atomic E-state index is 0.239. The topological polar surface area (TPSA) is 66.6 Å². The smallest absolute Gasteiger partial charge is 0.218 e. The predicted octanol–water partition coefficient (Wildman–Crippen LogP) is 0.487. The summed E-state index contributed by atoms with van der Waals surface area (Å²) in [6, 6.07) is 0.429. The zero-order valence-corrected chi connectivity index (χ0v) is 9.48. The fourth-order valence-corrected chi connectivity index (χ4v) is 2.27. The maximum atomic E-state index is 10.7. The van der Waals surface area contributed by atoms with Crippen molar-refractivity contribution < 1.29 is 9.90 Å². The van der Waals surface area contributed by atoms with E-state index in [2.05, 4.69) is 4.90 Å². The number of carbonyl (C=O) groups is 1. The average molecular weight is 214 g/mol. The van der Waals surface area contributed by atoms with Gasteiger partial charge in [-0.05, 0) is 32.7 Å². The lowest BCUT2D eigenvalue weighted by Crippen LogP contribution is -2.42.